The molecule has 0 spiro atoms. The van der Waals surface area contributed by atoms with Crippen LogP contribution >= 0.6 is 0 Å². The third kappa shape index (κ3) is 4.90. The fourth-order valence-electron chi connectivity index (χ4n) is 2.05. The second kappa shape index (κ2) is 7.78. The number of hydrogen-bond acceptors (Lipinski definition) is 5. The standard InChI is InChI=1S/C13H25N5O/c1-4-16-9-11(14)12(15-2)13(19)17-10-5-7-18(3)8-6-10/h9-10,15H,4-8,14H2,1-3H3,(H,17,19)/b12-11+,16-9?. The molecule has 0 aromatic rings. The minimum absolute atomic E-state index is 0.155. The van der Waals surface area contributed by atoms with Crippen molar-refractivity contribution in [2.45, 2.75) is 25.8 Å². The number of amides is 1. The van der Waals surface area contributed by atoms with Gasteiger partial charge in [0.05, 0.1) is 5.70 Å². The lowest BCUT2D eigenvalue weighted by Gasteiger charge is -2.29. The molecular formula is C13H25N5O. The molecule has 0 aliphatic carbocycles. The van der Waals surface area contributed by atoms with Crippen LogP contribution in [0.25, 0.3) is 0 Å². The van der Waals surface area contributed by atoms with Gasteiger partial charge in [0.25, 0.3) is 5.91 Å². The minimum atomic E-state index is -0.155. The first-order valence-electron chi connectivity index (χ1n) is 6.75. The molecular weight excluding hydrogens is 242 g/mol. The first kappa shape index (κ1) is 15.5. The van der Waals surface area contributed by atoms with Gasteiger partial charge in [0.2, 0.25) is 0 Å². The molecule has 0 radical (unpaired) electrons. The zero-order valence-electron chi connectivity index (χ0n) is 12.1. The summed E-state index contributed by atoms with van der Waals surface area (Å²) >= 11 is 0. The van der Waals surface area contributed by atoms with Crippen LogP contribution < -0.4 is 16.4 Å². The number of nitrogens with two attached hydrogens (primary N) is 1. The average molecular weight is 267 g/mol. The fraction of sp³-hybridized carbons (Fsp3) is 0.692. The highest BCUT2D eigenvalue weighted by atomic mass is 16.2. The Bertz CT molecular complexity index is 356. The third-order valence-corrected chi connectivity index (χ3v) is 3.23. The summed E-state index contributed by atoms with van der Waals surface area (Å²) in [6.45, 7) is 4.59. The van der Waals surface area contributed by atoms with Gasteiger partial charge in [-0.2, -0.15) is 0 Å². The summed E-state index contributed by atoms with van der Waals surface area (Å²) in [4.78, 5) is 18.5. The molecule has 1 aliphatic heterocycles. The number of hydrogen-bond donors (Lipinski definition) is 3. The number of carbonyl (C=O) groups is 1. The summed E-state index contributed by atoms with van der Waals surface area (Å²) < 4.78 is 0. The van der Waals surface area contributed by atoms with Gasteiger partial charge in [-0.25, -0.2) is 0 Å². The van der Waals surface area contributed by atoms with E-state index in [1.165, 1.54) is 6.21 Å². The largest absolute Gasteiger partial charge is 0.396 e. The first-order chi connectivity index (χ1) is 9.08. The smallest absolute Gasteiger partial charge is 0.269 e. The van der Waals surface area contributed by atoms with Gasteiger partial charge in [0, 0.05) is 25.8 Å². The maximum Gasteiger partial charge on any atom is 0.269 e. The number of nitrogens with zero attached hydrogens (tertiary/aromatic N) is 2. The van der Waals surface area contributed by atoms with Crippen LogP contribution in [0.5, 0.6) is 0 Å². The van der Waals surface area contributed by atoms with Crippen molar-refractivity contribution in [3.63, 3.8) is 0 Å². The molecule has 0 unspecified atom stereocenters. The van der Waals surface area contributed by atoms with Crippen LogP contribution in [0, 0.1) is 0 Å². The number of likely N-dealkylation sites (N-methyl/N-ethyl adjacent to an activating group) is 1. The molecule has 1 saturated heterocycles. The van der Waals surface area contributed by atoms with Crippen molar-refractivity contribution in [3.8, 4) is 0 Å². The predicted molar refractivity (Wildman–Crippen MR) is 78.0 cm³/mol. The van der Waals surface area contributed by atoms with Gasteiger partial charge in [-0.05, 0) is 39.9 Å². The second-order valence-corrected chi connectivity index (χ2v) is 4.76. The van der Waals surface area contributed by atoms with Crippen molar-refractivity contribution in [1.82, 2.24) is 15.5 Å². The Kier molecular flexibility index (Phi) is 6.35. The lowest BCUT2D eigenvalue weighted by molar-refractivity contribution is -0.118. The maximum atomic E-state index is 12.1. The summed E-state index contributed by atoms with van der Waals surface area (Å²) in [6, 6.07) is 0.225. The molecule has 19 heavy (non-hydrogen) atoms. The molecule has 0 atom stereocenters. The van der Waals surface area contributed by atoms with Crippen LogP contribution in [0.1, 0.15) is 19.8 Å². The van der Waals surface area contributed by atoms with Gasteiger partial charge in [-0.1, -0.05) is 0 Å². The van der Waals surface area contributed by atoms with Gasteiger partial charge in [0.1, 0.15) is 5.70 Å². The topological polar surface area (TPSA) is 82.7 Å². The molecule has 0 bridgehead atoms. The summed E-state index contributed by atoms with van der Waals surface area (Å²) in [5.41, 5.74) is 6.60. The number of rotatable bonds is 5. The van der Waals surface area contributed by atoms with Crippen LogP contribution in [0.15, 0.2) is 16.4 Å². The van der Waals surface area contributed by atoms with Crippen molar-refractivity contribution in [2.24, 2.45) is 10.7 Å². The molecule has 4 N–H and O–H groups in total. The highest BCUT2D eigenvalue weighted by molar-refractivity contribution is 5.99. The summed E-state index contributed by atoms with van der Waals surface area (Å²) in [7, 11) is 3.78. The predicted octanol–water partition coefficient (Wildman–Crippen LogP) is -0.323. The zero-order valence-corrected chi connectivity index (χ0v) is 12.1. The Morgan fingerprint density at radius 2 is 2.11 bits per heavy atom. The van der Waals surface area contributed by atoms with E-state index in [9.17, 15) is 4.79 Å². The molecule has 6 heteroatoms. The van der Waals surface area contributed by atoms with Crippen LogP contribution in [0.3, 0.4) is 0 Å². The SMILES string of the molecule is CCN=C/C(N)=C(\NC)C(=O)NC1CCN(C)CC1. The summed E-state index contributed by atoms with van der Waals surface area (Å²) in [5.74, 6) is -0.155. The monoisotopic (exact) mass is 267 g/mol. The Morgan fingerprint density at radius 1 is 1.47 bits per heavy atom. The number of piperidine rings is 1. The molecule has 0 saturated carbocycles. The van der Waals surface area contributed by atoms with Gasteiger partial charge >= 0.3 is 0 Å². The first-order valence-corrected chi connectivity index (χ1v) is 6.75. The molecule has 1 aliphatic rings. The van der Waals surface area contributed by atoms with E-state index < -0.39 is 0 Å². The van der Waals surface area contributed by atoms with E-state index >= 15 is 0 Å². The quantitative estimate of drug-likeness (QED) is 0.471. The fourth-order valence-corrected chi connectivity index (χ4v) is 2.05. The number of likely N-dealkylation sites (tertiary alicyclic amines) is 1. The maximum absolute atomic E-state index is 12.1. The van der Waals surface area contributed by atoms with Crippen LogP contribution in [0.4, 0.5) is 0 Å². The van der Waals surface area contributed by atoms with Crippen LogP contribution in [0.2, 0.25) is 0 Å². The van der Waals surface area contributed by atoms with E-state index in [1.807, 2.05) is 6.92 Å². The molecule has 1 amide bonds. The molecule has 6 nitrogen and oxygen atoms in total. The van der Waals surface area contributed by atoms with Gasteiger partial charge < -0.3 is 21.3 Å². The highest BCUT2D eigenvalue weighted by Crippen LogP contribution is 2.08. The van der Waals surface area contributed by atoms with Gasteiger partial charge in [-0.15, -0.1) is 0 Å². The lowest BCUT2D eigenvalue weighted by Crippen LogP contribution is -2.45. The van der Waals surface area contributed by atoms with Crippen molar-refractivity contribution in [1.29, 1.82) is 0 Å². The van der Waals surface area contributed by atoms with E-state index in [2.05, 4.69) is 27.6 Å². The molecule has 108 valence electrons. The van der Waals surface area contributed by atoms with E-state index in [-0.39, 0.29) is 11.9 Å². The van der Waals surface area contributed by atoms with Crippen LogP contribution in [-0.2, 0) is 4.79 Å². The summed E-state index contributed by atoms with van der Waals surface area (Å²) in [6.07, 6.45) is 3.48. The van der Waals surface area contributed by atoms with Gasteiger partial charge in [0.15, 0.2) is 0 Å². The molecule has 0 aromatic heterocycles. The highest BCUT2D eigenvalue weighted by Gasteiger charge is 2.20. The number of aliphatic imine (C=N–C) groups is 1. The average Bonchev–Trinajstić information content (AvgIpc) is 2.40. The Morgan fingerprint density at radius 3 is 2.63 bits per heavy atom. The number of nitrogens with one attached hydrogen (secondary N) is 2. The lowest BCUT2D eigenvalue weighted by atomic mass is 10.1. The number of allylic oxidation sites excluding steroid dienone is 1. The van der Waals surface area contributed by atoms with Crippen LogP contribution in [-0.4, -0.2) is 56.8 Å². The Labute approximate surface area is 115 Å². The zero-order chi connectivity index (χ0) is 14.3. The van der Waals surface area contributed by atoms with E-state index in [0.717, 1.165) is 25.9 Å². The second-order valence-electron chi connectivity index (χ2n) is 4.76. The Balaban J connectivity index is 2.61. The van der Waals surface area contributed by atoms with Crippen molar-refractivity contribution < 1.29 is 4.79 Å². The molecule has 1 heterocycles. The number of carbonyl (C=O) groups excluding carboxylic acids is 1. The molecule has 1 fully saturated rings. The van der Waals surface area contributed by atoms with Crippen molar-refractivity contribution in [3.05, 3.63) is 11.4 Å². The Hall–Kier alpha value is -1.56. The minimum Gasteiger partial charge on any atom is -0.396 e. The van der Waals surface area contributed by atoms with Gasteiger partial charge in [-0.3, -0.25) is 9.79 Å². The van der Waals surface area contributed by atoms with Crippen molar-refractivity contribution >= 4 is 12.1 Å². The molecule has 1 rings (SSSR count). The molecule has 0 aromatic carbocycles. The summed E-state index contributed by atoms with van der Waals surface area (Å²) in [5, 5.41) is 5.87. The third-order valence-electron chi connectivity index (χ3n) is 3.23. The van der Waals surface area contributed by atoms with E-state index in [4.69, 9.17) is 5.73 Å². The van der Waals surface area contributed by atoms with E-state index in [1.54, 1.807) is 7.05 Å². The van der Waals surface area contributed by atoms with E-state index in [0.29, 0.717) is 17.9 Å². The normalized spacial score (nSPS) is 19.3. The van der Waals surface area contributed by atoms with Crippen molar-refractivity contribution in [2.75, 3.05) is 33.7 Å².